The molecule has 0 radical (unpaired) electrons. The van der Waals surface area contributed by atoms with Crippen LogP contribution in [0.15, 0.2) is 52.3 Å². The number of hydrogen-bond donors (Lipinski definition) is 1. The molecule has 108 valence electrons. The number of methoxy groups -OCH3 is 1. The number of nitrogen functional groups attached to an aromatic ring is 1. The Morgan fingerprint density at radius 2 is 1.95 bits per heavy atom. The van der Waals surface area contributed by atoms with Crippen molar-refractivity contribution in [1.82, 2.24) is 0 Å². The Morgan fingerprint density at radius 3 is 2.62 bits per heavy atom. The van der Waals surface area contributed by atoms with Gasteiger partial charge < -0.3 is 10.5 Å². The molecule has 0 unspecified atom stereocenters. The minimum Gasteiger partial charge on any atom is -0.465 e. The molecule has 7 heteroatoms. The van der Waals surface area contributed by atoms with Gasteiger partial charge in [-0.25, -0.2) is 4.79 Å². The van der Waals surface area contributed by atoms with Crippen molar-refractivity contribution in [2.75, 3.05) is 12.8 Å². The molecule has 0 atom stereocenters. The number of hydrogen-bond acceptors (Lipinski definition) is 6. The minimum atomic E-state index is -0.501. The summed E-state index contributed by atoms with van der Waals surface area (Å²) in [5, 5.41) is 11.1. The van der Waals surface area contributed by atoms with E-state index < -0.39 is 10.9 Å². The average molecular weight is 304 g/mol. The monoisotopic (exact) mass is 304 g/mol. The molecule has 2 rings (SSSR count). The van der Waals surface area contributed by atoms with E-state index in [0.717, 1.165) is 11.8 Å². The number of rotatable bonds is 4. The predicted molar refractivity (Wildman–Crippen MR) is 79.4 cm³/mol. The van der Waals surface area contributed by atoms with Crippen LogP contribution >= 0.6 is 11.8 Å². The molecule has 0 aliphatic rings. The molecule has 0 amide bonds. The summed E-state index contributed by atoms with van der Waals surface area (Å²) in [5.74, 6) is -0.490. The Balaban J connectivity index is 2.44. The molecule has 2 N–H and O–H groups in total. The van der Waals surface area contributed by atoms with E-state index in [1.54, 1.807) is 36.4 Å². The first kappa shape index (κ1) is 14.9. The maximum atomic E-state index is 11.7. The maximum absolute atomic E-state index is 11.7. The zero-order chi connectivity index (χ0) is 15.4. The summed E-state index contributed by atoms with van der Waals surface area (Å²) < 4.78 is 4.71. The molecule has 0 saturated carbocycles. The van der Waals surface area contributed by atoms with Gasteiger partial charge in [-0.2, -0.15) is 0 Å². The third-order valence-electron chi connectivity index (χ3n) is 2.69. The topological polar surface area (TPSA) is 95.5 Å². The number of nitro groups is 1. The van der Waals surface area contributed by atoms with Gasteiger partial charge in [0.2, 0.25) is 0 Å². The standard InChI is InChI=1S/C14H12N2O4S/c1-20-14(17)10-4-2-3-5-12(10)21-13-7-6-9(15)8-11(13)16(18)19/h2-8H,15H2,1H3. The number of carbonyl (C=O) groups is 1. The van der Waals surface area contributed by atoms with Crippen molar-refractivity contribution in [3.8, 4) is 0 Å². The molecule has 0 aromatic heterocycles. The molecule has 0 aliphatic carbocycles. The molecule has 0 saturated heterocycles. The van der Waals surface area contributed by atoms with Crippen molar-refractivity contribution >= 4 is 29.1 Å². The van der Waals surface area contributed by atoms with Crippen molar-refractivity contribution in [2.45, 2.75) is 9.79 Å². The van der Waals surface area contributed by atoms with Crippen LogP contribution in [0.25, 0.3) is 0 Å². The number of nitrogens with zero attached hydrogens (tertiary/aromatic N) is 1. The van der Waals surface area contributed by atoms with Gasteiger partial charge in [0.25, 0.3) is 5.69 Å². The number of nitrogens with two attached hydrogens (primary N) is 1. The zero-order valence-corrected chi connectivity index (χ0v) is 11.9. The predicted octanol–water partition coefficient (Wildman–Crippen LogP) is 3.11. The average Bonchev–Trinajstić information content (AvgIpc) is 2.48. The van der Waals surface area contributed by atoms with Gasteiger partial charge in [0, 0.05) is 16.6 Å². The summed E-state index contributed by atoms with van der Waals surface area (Å²) in [4.78, 5) is 23.3. The van der Waals surface area contributed by atoms with Gasteiger partial charge in [0.15, 0.2) is 0 Å². The van der Waals surface area contributed by atoms with Gasteiger partial charge in [-0.1, -0.05) is 23.9 Å². The molecular formula is C14H12N2O4S. The first-order chi connectivity index (χ1) is 10.0. The lowest BCUT2D eigenvalue weighted by Gasteiger charge is -2.08. The number of ether oxygens (including phenoxy) is 1. The molecule has 0 spiro atoms. The summed E-state index contributed by atoms with van der Waals surface area (Å²) in [6, 6.07) is 11.2. The van der Waals surface area contributed by atoms with Crippen LogP contribution in [0.1, 0.15) is 10.4 Å². The van der Waals surface area contributed by atoms with Gasteiger partial charge in [-0.3, -0.25) is 10.1 Å². The van der Waals surface area contributed by atoms with Crippen LogP contribution in [0.4, 0.5) is 11.4 Å². The Labute approximate surface area is 125 Å². The van der Waals surface area contributed by atoms with E-state index in [-0.39, 0.29) is 5.69 Å². The highest BCUT2D eigenvalue weighted by Gasteiger charge is 2.18. The van der Waals surface area contributed by atoms with Gasteiger partial charge in [-0.15, -0.1) is 0 Å². The number of carbonyl (C=O) groups excluding carboxylic acids is 1. The number of benzene rings is 2. The van der Waals surface area contributed by atoms with Crippen LogP contribution in [-0.2, 0) is 4.74 Å². The third kappa shape index (κ3) is 3.32. The van der Waals surface area contributed by atoms with Crippen molar-refractivity contribution in [3.63, 3.8) is 0 Å². The van der Waals surface area contributed by atoms with E-state index in [4.69, 9.17) is 10.5 Å². The summed E-state index contributed by atoms with van der Waals surface area (Å²) in [7, 11) is 1.29. The highest BCUT2D eigenvalue weighted by molar-refractivity contribution is 7.99. The second kappa shape index (κ2) is 6.27. The van der Waals surface area contributed by atoms with E-state index >= 15 is 0 Å². The molecule has 2 aromatic rings. The smallest absolute Gasteiger partial charge is 0.339 e. The van der Waals surface area contributed by atoms with Crippen LogP contribution in [0.3, 0.4) is 0 Å². The van der Waals surface area contributed by atoms with Crippen LogP contribution in [0, 0.1) is 10.1 Å². The van der Waals surface area contributed by atoms with Crippen molar-refractivity contribution in [1.29, 1.82) is 0 Å². The molecule has 0 bridgehead atoms. The summed E-state index contributed by atoms with van der Waals surface area (Å²) in [6.07, 6.45) is 0. The second-order valence-electron chi connectivity index (χ2n) is 4.07. The van der Waals surface area contributed by atoms with E-state index in [2.05, 4.69) is 0 Å². The van der Waals surface area contributed by atoms with Crippen molar-refractivity contribution in [3.05, 3.63) is 58.1 Å². The summed E-state index contributed by atoms with van der Waals surface area (Å²) in [6.45, 7) is 0. The van der Waals surface area contributed by atoms with Crippen molar-refractivity contribution in [2.24, 2.45) is 0 Å². The third-order valence-corrected chi connectivity index (χ3v) is 3.83. The molecule has 0 aliphatic heterocycles. The molecule has 0 fully saturated rings. The molecule has 6 nitrogen and oxygen atoms in total. The molecule has 0 heterocycles. The normalized spacial score (nSPS) is 10.1. The first-order valence-electron chi connectivity index (χ1n) is 5.92. The number of esters is 1. The zero-order valence-electron chi connectivity index (χ0n) is 11.1. The Hall–Kier alpha value is -2.54. The SMILES string of the molecule is COC(=O)c1ccccc1Sc1ccc(N)cc1[N+](=O)[O-]. The highest BCUT2D eigenvalue weighted by atomic mass is 32.2. The van der Waals surface area contributed by atoms with Gasteiger partial charge in [0.05, 0.1) is 22.5 Å². The fraction of sp³-hybridized carbons (Fsp3) is 0.0714. The quantitative estimate of drug-likeness (QED) is 0.403. The lowest BCUT2D eigenvalue weighted by Crippen LogP contribution is -2.03. The fourth-order valence-corrected chi connectivity index (χ4v) is 2.74. The number of nitro benzene ring substituents is 1. The Bertz CT molecular complexity index is 703. The summed E-state index contributed by atoms with van der Waals surface area (Å²) >= 11 is 1.12. The van der Waals surface area contributed by atoms with Crippen LogP contribution in [0.2, 0.25) is 0 Å². The molecule has 2 aromatic carbocycles. The summed E-state index contributed by atoms with van der Waals surface area (Å²) in [5.41, 5.74) is 6.14. The van der Waals surface area contributed by atoms with Crippen LogP contribution in [-0.4, -0.2) is 18.0 Å². The van der Waals surface area contributed by atoms with E-state index in [1.807, 2.05) is 0 Å². The van der Waals surface area contributed by atoms with E-state index in [9.17, 15) is 14.9 Å². The second-order valence-corrected chi connectivity index (χ2v) is 5.16. The van der Waals surface area contributed by atoms with E-state index in [0.29, 0.717) is 21.0 Å². The fourth-order valence-electron chi connectivity index (χ4n) is 1.72. The van der Waals surface area contributed by atoms with Gasteiger partial charge in [-0.05, 0) is 24.3 Å². The lowest BCUT2D eigenvalue weighted by atomic mass is 10.2. The van der Waals surface area contributed by atoms with Crippen LogP contribution in [0.5, 0.6) is 0 Å². The van der Waals surface area contributed by atoms with Gasteiger partial charge >= 0.3 is 5.97 Å². The largest absolute Gasteiger partial charge is 0.465 e. The Morgan fingerprint density at radius 1 is 1.24 bits per heavy atom. The lowest BCUT2D eigenvalue weighted by molar-refractivity contribution is -0.387. The van der Waals surface area contributed by atoms with Gasteiger partial charge in [0.1, 0.15) is 0 Å². The minimum absolute atomic E-state index is 0.0975. The van der Waals surface area contributed by atoms with E-state index in [1.165, 1.54) is 13.2 Å². The Kier molecular flexibility index (Phi) is 4.44. The highest BCUT2D eigenvalue weighted by Crippen LogP contribution is 2.37. The number of anilines is 1. The van der Waals surface area contributed by atoms with Crippen LogP contribution < -0.4 is 5.73 Å². The molecule has 21 heavy (non-hydrogen) atoms. The maximum Gasteiger partial charge on any atom is 0.339 e. The first-order valence-corrected chi connectivity index (χ1v) is 6.73. The molecular weight excluding hydrogens is 292 g/mol. The van der Waals surface area contributed by atoms with Crippen molar-refractivity contribution < 1.29 is 14.5 Å².